The van der Waals surface area contributed by atoms with Crippen LogP contribution in [0.3, 0.4) is 0 Å². The summed E-state index contributed by atoms with van der Waals surface area (Å²) in [6.07, 6.45) is 6.39. The minimum Gasteiger partial charge on any atom is -0.494 e. The van der Waals surface area contributed by atoms with Gasteiger partial charge in [-0.15, -0.1) is 0 Å². The van der Waals surface area contributed by atoms with Crippen LogP contribution in [0.1, 0.15) is 32.1 Å². The van der Waals surface area contributed by atoms with Gasteiger partial charge >= 0.3 is 0 Å². The molecule has 0 heterocycles. The SMILES string of the molecule is BrCCCCOc1ccc(OC2CCC2)cc1. The second-order valence-electron chi connectivity index (χ2n) is 4.39. The predicted octanol–water partition coefficient (Wildman–Crippen LogP) is 4.17. The largest absolute Gasteiger partial charge is 0.494 e. The van der Waals surface area contributed by atoms with E-state index < -0.39 is 0 Å². The standard InChI is InChI=1S/C14H19BrO2/c15-10-1-2-11-16-12-6-8-14(9-7-12)17-13-4-3-5-13/h6-9,13H,1-5,10-11H2. The van der Waals surface area contributed by atoms with Gasteiger partial charge in [-0.1, -0.05) is 15.9 Å². The molecule has 3 heteroatoms. The number of hydrogen-bond acceptors (Lipinski definition) is 2. The van der Waals surface area contributed by atoms with Crippen molar-refractivity contribution in [3.63, 3.8) is 0 Å². The van der Waals surface area contributed by atoms with Gasteiger partial charge in [-0.25, -0.2) is 0 Å². The van der Waals surface area contributed by atoms with E-state index in [2.05, 4.69) is 15.9 Å². The third-order valence-corrected chi connectivity index (χ3v) is 3.54. The van der Waals surface area contributed by atoms with Crippen molar-refractivity contribution in [2.45, 2.75) is 38.2 Å². The molecular formula is C14H19BrO2. The summed E-state index contributed by atoms with van der Waals surface area (Å²) in [7, 11) is 0. The summed E-state index contributed by atoms with van der Waals surface area (Å²) in [6.45, 7) is 0.786. The first-order valence-electron chi connectivity index (χ1n) is 6.34. The number of rotatable bonds is 7. The van der Waals surface area contributed by atoms with E-state index in [1.165, 1.54) is 19.3 Å². The summed E-state index contributed by atoms with van der Waals surface area (Å²) < 4.78 is 11.4. The van der Waals surface area contributed by atoms with Crippen LogP contribution in [0.2, 0.25) is 0 Å². The maximum absolute atomic E-state index is 5.79. The van der Waals surface area contributed by atoms with Crippen LogP contribution in [0.5, 0.6) is 11.5 Å². The van der Waals surface area contributed by atoms with E-state index in [0.29, 0.717) is 6.10 Å². The molecule has 0 radical (unpaired) electrons. The number of unbranched alkanes of at least 4 members (excludes halogenated alkanes) is 1. The highest BCUT2D eigenvalue weighted by molar-refractivity contribution is 9.09. The fourth-order valence-corrected chi connectivity index (χ4v) is 2.08. The molecule has 1 aromatic rings. The average Bonchev–Trinajstić information content (AvgIpc) is 2.31. The lowest BCUT2D eigenvalue weighted by atomic mass is 9.96. The summed E-state index contributed by atoms with van der Waals surface area (Å²) in [5, 5.41) is 1.05. The van der Waals surface area contributed by atoms with Crippen LogP contribution in [0, 0.1) is 0 Å². The van der Waals surface area contributed by atoms with E-state index in [9.17, 15) is 0 Å². The first-order valence-corrected chi connectivity index (χ1v) is 7.46. The number of halogens is 1. The summed E-state index contributed by atoms with van der Waals surface area (Å²) >= 11 is 3.41. The highest BCUT2D eigenvalue weighted by atomic mass is 79.9. The van der Waals surface area contributed by atoms with E-state index in [-0.39, 0.29) is 0 Å². The molecular weight excluding hydrogens is 280 g/mol. The van der Waals surface area contributed by atoms with Crippen LogP contribution in [0.25, 0.3) is 0 Å². The van der Waals surface area contributed by atoms with Gasteiger partial charge in [0.1, 0.15) is 11.5 Å². The third kappa shape index (κ3) is 4.23. The van der Waals surface area contributed by atoms with E-state index in [1.54, 1.807) is 0 Å². The Balaban J connectivity index is 1.72. The minimum atomic E-state index is 0.445. The molecule has 1 saturated carbocycles. The lowest BCUT2D eigenvalue weighted by Crippen LogP contribution is -2.24. The normalized spacial score (nSPS) is 15.4. The number of benzene rings is 1. The second kappa shape index (κ2) is 6.90. The van der Waals surface area contributed by atoms with Crippen molar-refractivity contribution >= 4 is 15.9 Å². The first kappa shape index (κ1) is 12.7. The fourth-order valence-electron chi connectivity index (χ4n) is 1.68. The van der Waals surface area contributed by atoms with Crippen LogP contribution in [0.15, 0.2) is 24.3 Å². The zero-order chi connectivity index (χ0) is 11.9. The third-order valence-electron chi connectivity index (χ3n) is 2.98. The van der Waals surface area contributed by atoms with Crippen LogP contribution in [-0.4, -0.2) is 18.0 Å². The van der Waals surface area contributed by atoms with Gasteiger partial charge in [0.05, 0.1) is 12.7 Å². The molecule has 0 aromatic heterocycles. The van der Waals surface area contributed by atoms with Gasteiger partial charge in [-0.3, -0.25) is 0 Å². The molecule has 0 unspecified atom stereocenters. The van der Waals surface area contributed by atoms with Gasteiger partial charge in [0.25, 0.3) is 0 Å². The molecule has 0 bridgehead atoms. The molecule has 0 spiro atoms. The Hall–Kier alpha value is -0.700. The van der Waals surface area contributed by atoms with Crippen LogP contribution >= 0.6 is 15.9 Å². The van der Waals surface area contributed by atoms with Gasteiger partial charge in [0.15, 0.2) is 0 Å². The molecule has 17 heavy (non-hydrogen) atoms. The van der Waals surface area contributed by atoms with Crippen molar-refractivity contribution in [3.05, 3.63) is 24.3 Å². The monoisotopic (exact) mass is 298 g/mol. The lowest BCUT2D eigenvalue weighted by molar-refractivity contribution is 0.120. The minimum absolute atomic E-state index is 0.445. The fraction of sp³-hybridized carbons (Fsp3) is 0.571. The maximum Gasteiger partial charge on any atom is 0.119 e. The van der Waals surface area contributed by atoms with Crippen LogP contribution in [0.4, 0.5) is 0 Å². The van der Waals surface area contributed by atoms with Crippen molar-refractivity contribution in [1.29, 1.82) is 0 Å². The van der Waals surface area contributed by atoms with Gasteiger partial charge in [-0.05, 0) is 56.4 Å². The molecule has 1 aromatic carbocycles. The molecule has 1 fully saturated rings. The summed E-state index contributed by atoms with van der Waals surface area (Å²) in [5.74, 6) is 1.89. The number of ether oxygens (including phenoxy) is 2. The summed E-state index contributed by atoms with van der Waals surface area (Å²) in [4.78, 5) is 0. The molecule has 0 atom stereocenters. The Morgan fingerprint density at radius 1 is 1.06 bits per heavy atom. The van der Waals surface area contributed by atoms with Crippen LogP contribution < -0.4 is 9.47 Å². The first-order chi connectivity index (χ1) is 8.38. The topological polar surface area (TPSA) is 18.5 Å². The Morgan fingerprint density at radius 3 is 2.35 bits per heavy atom. The maximum atomic E-state index is 5.79. The average molecular weight is 299 g/mol. The van der Waals surface area contributed by atoms with Crippen molar-refractivity contribution in [2.75, 3.05) is 11.9 Å². The summed E-state index contributed by atoms with van der Waals surface area (Å²) in [6, 6.07) is 7.97. The van der Waals surface area contributed by atoms with Crippen molar-refractivity contribution in [3.8, 4) is 11.5 Å². The molecule has 2 nitrogen and oxygen atoms in total. The number of alkyl halides is 1. The Bertz CT molecular complexity index is 319. The second-order valence-corrected chi connectivity index (χ2v) is 5.18. The van der Waals surface area contributed by atoms with Crippen molar-refractivity contribution in [1.82, 2.24) is 0 Å². The summed E-state index contributed by atoms with van der Waals surface area (Å²) in [5.41, 5.74) is 0. The Labute approximate surface area is 111 Å². The van der Waals surface area contributed by atoms with Crippen molar-refractivity contribution in [2.24, 2.45) is 0 Å². The highest BCUT2D eigenvalue weighted by Crippen LogP contribution is 2.26. The molecule has 0 aliphatic heterocycles. The molecule has 0 N–H and O–H groups in total. The predicted molar refractivity (Wildman–Crippen MR) is 73.2 cm³/mol. The lowest BCUT2D eigenvalue weighted by Gasteiger charge is -2.26. The van der Waals surface area contributed by atoms with Gasteiger partial charge in [-0.2, -0.15) is 0 Å². The molecule has 0 amide bonds. The zero-order valence-electron chi connectivity index (χ0n) is 10.0. The van der Waals surface area contributed by atoms with Crippen molar-refractivity contribution < 1.29 is 9.47 Å². The highest BCUT2D eigenvalue weighted by Gasteiger charge is 2.18. The molecule has 94 valence electrons. The van der Waals surface area contributed by atoms with E-state index in [4.69, 9.17) is 9.47 Å². The Morgan fingerprint density at radius 2 is 1.76 bits per heavy atom. The molecule has 1 aliphatic carbocycles. The van der Waals surface area contributed by atoms with Gasteiger partial charge in [0.2, 0.25) is 0 Å². The van der Waals surface area contributed by atoms with E-state index in [0.717, 1.165) is 36.3 Å². The zero-order valence-corrected chi connectivity index (χ0v) is 11.6. The van der Waals surface area contributed by atoms with E-state index in [1.807, 2.05) is 24.3 Å². The van der Waals surface area contributed by atoms with Crippen LogP contribution in [-0.2, 0) is 0 Å². The smallest absolute Gasteiger partial charge is 0.119 e. The van der Waals surface area contributed by atoms with Gasteiger partial charge < -0.3 is 9.47 Å². The van der Waals surface area contributed by atoms with E-state index >= 15 is 0 Å². The Kier molecular flexibility index (Phi) is 5.17. The molecule has 1 aliphatic rings. The quantitative estimate of drug-likeness (QED) is 0.555. The number of hydrogen-bond donors (Lipinski definition) is 0. The van der Waals surface area contributed by atoms with Gasteiger partial charge in [0, 0.05) is 5.33 Å². The molecule has 0 saturated heterocycles. The molecule has 2 rings (SSSR count).